The van der Waals surface area contributed by atoms with Gasteiger partial charge in [-0.2, -0.15) is 15.8 Å². The number of hydrogen-bond acceptors (Lipinski definition) is 3. The van der Waals surface area contributed by atoms with Gasteiger partial charge in [0.25, 0.3) is 0 Å². The van der Waals surface area contributed by atoms with Gasteiger partial charge in [0.15, 0.2) is 0 Å². The van der Waals surface area contributed by atoms with Gasteiger partial charge in [0.1, 0.15) is 18.2 Å². The minimum Gasteiger partial charge on any atom is -0.307 e. The Labute approximate surface area is 252 Å². The average molecular weight is 560 g/mol. The minimum absolute atomic E-state index is 0.376. The number of para-hydroxylation sites is 5. The van der Waals surface area contributed by atoms with Crippen molar-refractivity contribution < 1.29 is 0 Å². The molecule has 0 unspecified atom stereocenters. The topological polar surface area (TPSA) is 81.2 Å². The highest BCUT2D eigenvalue weighted by Gasteiger charge is 2.23. The third-order valence-electron chi connectivity index (χ3n) is 8.43. The van der Waals surface area contributed by atoms with Gasteiger partial charge in [0, 0.05) is 27.1 Å². The number of nitriles is 3. The zero-order valence-electron chi connectivity index (χ0n) is 23.4. The van der Waals surface area contributed by atoms with Crippen LogP contribution in [-0.4, -0.2) is 9.13 Å². The van der Waals surface area contributed by atoms with Crippen molar-refractivity contribution in [1.82, 2.24) is 9.13 Å². The Morgan fingerprint density at radius 1 is 0.386 bits per heavy atom. The molecule has 0 saturated heterocycles. The van der Waals surface area contributed by atoms with Crippen LogP contribution < -0.4 is 0 Å². The Balaban J connectivity index is 1.46. The maximum atomic E-state index is 10.6. The van der Waals surface area contributed by atoms with Gasteiger partial charge < -0.3 is 9.13 Å². The lowest BCUT2D eigenvalue weighted by Crippen LogP contribution is -2.04. The third-order valence-corrected chi connectivity index (χ3v) is 8.43. The van der Waals surface area contributed by atoms with Crippen LogP contribution in [0.4, 0.5) is 0 Å². The molecule has 0 fully saturated rings. The molecule has 0 aliphatic carbocycles. The second-order valence-electron chi connectivity index (χ2n) is 10.7. The van der Waals surface area contributed by atoms with Gasteiger partial charge in [0.2, 0.25) is 0 Å². The first-order valence-corrected chi connectivity index (χ1v) is 14.2. The summed E-state index contributed by atoms with van der Waals surface area (Å²) in [6.07, 6.45) is 0. The molecule has 44 heavy (non-hydrogen) atoms. The summed E-state index contributed by atoms with van der Waals surface area (Å²) in [5.74, 6) is 0. The fraction of sp³-hybridized carbons (Fsp3) is 0. The maximum Gasteiger partial charge on any atom is 0.101 e. The molecule has 0 bridgehead atoms. The van der Waals surface area contributed by atoms with Gasteiger partial charge in [-0.3, -0.25) is 0 Å². The van der Waals surface area contributed by atoms with Crippen LogP contribution in [0.15, 0.2) is 127 Å². The van der Waals surface area contributed by atoms with E-state index in [1.165, 1.54) is 0 Å². The summed E-state index contributed by atoms with van der Waals surface area (Å²) in [6, 6.07) is 48.9. The van der Waals surface area contributed by atoms with Crippen LogP contribution in [0.1, 0.15) is 16.7 Å². The summed E-state index contributed by atoms with van der Waals surface area (Å²) in [4.78, 5) is 0. The van der Waals surface area contributed by atoms with Crippen LogP contribution in [-0.2, 0) is 0 Å². The summed E-state index contributed by atoms with van der Waals surface area (Å²) in [6.45, 7) is 0. The third kappa shape index (κ3) is 3.50. The van der Waals surface area contributed by atoms with E-state index in [0.29, 0.717) is 33.6 Å². The number of nitrogens with zero attached hydrogens (tertiary/aromatic N) is 5. The van der Waals surface area contributed by atoms with Gasteiger partial charge in [-0.05, 0) is 48.0 Å². The first kappa shape index (κ1) is 25.1. The largest absolute Gasteiger partial charge is 0.307 e. The first-order chi connectivity index (χ1) is 21.7. The molecule has 0 spiro atoms. The lowest BCUT2D eigenvalue weighted by Gasteiger charge is -2.18. The van der Waals surface area contributed by atoms with Crippen LogP contribution in [0, 0.1) is 34.0 Å². The van der Waals surface area contributed by atoms with Crippen molar-refractivity contribution in [2.24, 2.45) is 0 Å². The molecule has 202 valence electrons. The standard InChI is InChI=1S/C39H21N5/c40-22-25-10-9-15-29(39(25)44-36-18-7-3-13-32(36)33-14-4-8-19-37(33)44)26-20-27(23-41)38(28(21-26)24-42)43-34-16-5-1-11-30(34)31-12-2-6-17-35(31)43/h1-21H. The molecule has 0 N–H and O–H groups in total. The van der Waals surface area contributed by atoms with Crippen molar-refractivity contribution >= 4 is 43.6 Å². The molecule has 0 amide bonds. The van der Waals surface area contributed by atoms with E-state index < -0.39 is 0 Å². The molecule has 8 aromatic rings. The molecule has 0 aliphatic heterocycles. The monoisotopic (exact) mass is 559 g/mol. The summed E-state index contributed by atoms with van der Waals surface area (Å²) < 4.78 is 4.14. The number of rotatable bonds is 3. The Hall–Kier alpha value is -6.61. The molecule has 0 atom stereocenters. The molecule has 0 saturated carbocycles. The number of fused-ring (bicyclic) bond motifs is 6. The Bertz CT molecular complexity index is 2450. The van der Waals surface area contributed by atoms with Gasteiger partial charge >= 0.3 is 0 Å². The highest BCUT2D eigenvalue weighted by Crippen LogP contribution is 2.40. The van der Waals surface area contributed by atoms with E-state index in [0.717, 1.165) is 49.2 Å². The van der Waals surface area contributed by atoms with Crippen LogP contribution in [0.25, 0.3) is 66.1 Å². The van der Waals surface area contributed by atoms with Crippen molar-refractivity contribution in [3.05, 3.63) is 144 Å². The quantitative estimate of drug-likeness (QED) is 0.216. The molecule has 2 heterocycles. The summed E-state index contributed by atoms with van der Waals surface area (Å²) in [5.41, 5.74) is 7.75. The van der Waals surface area contributed by atoms with E-state index in [1.807, 2.05) is 95.6 Å². The zero-order chi connectivity index (χ0) is 29.8. The molecule has 0 radical (unpaired) electrons. The van der Waals surface area contributed by atoms with Gasteiger partial charge in [-0.1, -0.05) is 84.9 Å². The molecule has 5 nitrogen and oxygen atoms in total. The first-order valence-electron chi connectivity index (χ1n) is 14.2. The summed E-state index contributed by atoms with van der Waals surface area (Å²) >= 11 is 0. The highest BCUT2D eigenvalue weighted by molar-refractivity contribution is 6.11. The maximum absolute atomic E-state index is 10.6. The van der Waals surface area contributed by atoms with Crippen LogP contribution in [0.5, 0.6) is 0 Å². The van der Waals surface area contributed by atoms with Gasteiger partial charge in [0.05, 0.1) is 50.1 Å². The molecule has 6 aromatic carbocycles. The fourth-order valence-corrected chi connectivity index (χ4v) is 6.64. The number of hydrogen-bond donors (Lipinski definition) is 0. The van der Waals surface area contributed by atoms with Crippen molar-refractivity contribution in [2.75, 3.05) is 0 Å². The molecule has 8 rings (SSSR count). The Morgan fingerprint density at radius 2 is 0.773 bits per heavy atom. The molecule has 5 heteroatoms. The molecular formula is C39H21N5. The van der Waals surface area contributed by atoms with E-state index in [1.54, 1.807) is 0 Å². The van der Waals surface area contributed by atoms with Crippen molar-refractivity contribution in [3.8, 4) is 40.7 Å². The van der Waals surface area contributed by atoms with Crippen molar-refractivity contribution in [1.29, 1.82) is 15.8 Å². The van der Waals surface area contributed by atoms with Crippen molar-refractivity contribution in [3.63, 3.8) is 0 Å². The highest BCUT2D eigenvalue weighted by atomic mass is 15.0. The minimum atomic E-state index is 0.376. The van der Waals surface area contributed by atoms with Crippen molar-refractivity contribution in [2.45, 2.75) is 0 Å². The number of aromatic nitrogens is 2. The fourth-order valence-electron chi connectivity index (χ4n) is 6.64. The average Bonchev–Trinajstić information content (AvgIpc) is 3.60. The molecule has 2 aromatic heterocycles. The van der Waals surface area contributed by atoms with E-state index in [4.69, 9.17) is 0 Å². The summed E-state index contributed by atoms with van der Waals surface area (Å²) in [7, 11) is 0. The van der Waals surface area contributed by atoms with Crippen LogP contribution in [0.3, 0.4) is 0 Å². The van der Waals surface area contributed by atoms with E-state index in [9.17, 15) is 15.8 Å². The smallest absolute Gasteiger partial charge is 0.101 e. The normalized spacial score (nSPS) is 11.1. The zero-order valence-corrected chi connectivity index (χ0v) is 23.4. The Kier molecular flexibility index (Phi) is 5.56. The second-order valence-corrected chi connectivity index (χ2v) is 10.7. The predicted molar refractivity (Wildman–Crippen MR) is 175 cm³/mol. The van der Waals surface area contributed by atoms with Crippen LogP contribution >= 0.6 is 0 Å². The predicted octanol–water partition coefficient (Wildman–Crippen LogP) is 9.16. The SMILES string of the molecule is N#Cc1cc(-c2cccc(C#N)c2-n2c3ccccc3c3ccccc32)cc(C#N)c1-n1c2ccccc2c2ccccc21. The van der Waals surface area contributed by atoms with E-state index >= 15 is 0 Å². The van der Waals surface area contributed by atoms with E-state index in [2.05, 4.69) is 59.2 Å². The lowest BCUT2D eigenvalue weighted by molar-refractivity contribution is 1.15. The van der Waals surface area contributed by atoms with Gasteiger partial charge in [-0.15, -0.1) is 0 Å². The van der Waals surface area contributed by atoms with E-state index in [-0.39, 0.29) is 0 Å². The second kappa shape index (κ2) is 9.74. The van der Waals surface area contributed by atoms with Gasteiger partial charge in [-0.25, -0.2) is 0 Å². The Morgan fingerprint density at radius 3 is 1.18 bits per heavy atom. The molecule has 0 aliphatic rings. The van der Waals surface area contributed by atoms with Crippen LogP contribution in [0.2, 0.25) is 0 Å². The number of benzene rings is 6. The summed E-state index contributed by atoms with van der Waals surface area (Å²) in [5, 5.41) is 35.7. The lowest BCUT2D eigenvalue weighted by atomic mass is 9.95. The molecular weight excluding hydrogens is 538 g/mol.